The van der Waals surface area contributed by atoms with E-state index < -0.39 is 40.8 Å². The number of aliphatic hydroxyl groups excluding tert-OH is 4. The molecule has 0 aromatic rings. The molecule has 5 N–H and O–H groups in total. The Bertz CT molecular complexity index is 682. The molecule has 3 fully saturated rings. The van der Waals surface area contributed by atoms with E-state index in [4.69, 9.17) is 6.42 Å². The molecule has 0 radical (unpaired) electrons. The van der Waals surface area contributed by atoms with Gasteiger partial charge >= 0.3 is 0 Å². The van der Waals surface area contributed by atoms with Crippen molar-refractivity contribution in [3.8, 4) is 12.3 Å². The molecule has 0 spiro atoms. The molecule has 0 aliphatic heterocycles. The molecule has 0 amide bonds. The van der Waals surface area contributed by atoms with Crippen LogP contribution in [0.3, 0.4) is 0 Å². The molecule has 26 heavy (non-hydrogen) atoms. The zero-order valence-electron chi connectivity index (χ0n) is 15.5. The maximum absolute atomic E-state index is 11.0. The third kappa shape index (κ3) is 2.00. The first-order valence-electron chi connectivity index (χ1n) is 9.75. The van der Waals surface area contributed by atoms with Crippen molar-refractivity contribution in [3.05, 3.63) is 11.6 Å². The van der Waals surface area contributed by atoms with Gasteiger partial charge in [-0.25, -0.2) is 0 Å². The van der Waals surface area contributed by atoms with Crippen LogP contribution in [0.4, 0.5) is 0 Å². The number of aliphatic hydroxyl groups is 5. The average Bonchev–Trinajstić information content (AvgIpc) is 2.87. The van der Waals surface area contributed by atoms with Crippen LogP contribution in [0.2, 0.25) is 0 Å². The van der Waals surface area contributed by atoms with Crippen molar-refractivity contribution in [3.63, 3.8) is 0 Å². The Balaban J connectivity index is 1.80. The summed E-state index contributed by atoms with van der Waals surface area (Å²) in [6.07, 6.45) is 6.54. The minimum atomic E-state index is -1.16. The van der Waals surface area contributed by atoms with Gasteiger partial charge in [0.2, 0.25) is 0 Å². The van der Waals surface area contributed by atoms with E-state index in [1.165, 1.54) is 0 Å². The fourth-order valence-electron chi connectivity index (χ4n) is 6.98. The smallest absolute Gasteiger partial charge is 0.130 e. The van der Waals surface area contributed by atoms with Crippen molar-refractivity contribution in [2.24, 2.45) is 28.6 Å². The lowest BCUT2D eigenvalue weighted by atomic mass is 9.45. The molecule has 0 aromatic heterocycles. The van der Waals surface area contributed by atoms with Crippen LogP contribution in [0.5, 0.6) is 0 Å². The largest absolute Gasteiger partial charge is 0.392 e. The number of fused-ring (bicyclic) bond motifs is 5. The Morgan fingerprint density at radius 2 is 1.73 bits per heavy atom. The van der Waals surface area contributed by atoms with Crippen molar-refractivity contribution in [1.82, 2.24) is 0 Å². The molecular weight excluding hydrogens is 332 g/mol. The molecule has 4 aliphatic rings. The van der Waals surface area contributed by atoms with Crippen molar-refractivity contribution < 1.29 is 25.5 Å². The fourth-order valence-corrected chi connectivity index (χ4v) is 6.98. The molecule has 144 valence electrons. The number of terminal acetylenes is 1. The highest BCUT2D eigenvalue weighted by molar-refractivity contribution is 5.34. The van der Waals surface area contributed by atoms with E-state index in [0.29, 0.717) is 18.4 Å². The normalized spacial score (nSPS) is 58.8. The Morgan fingerprint density at radius 1 is 1.08 bits per heavy atom. The van der Waals surface area contributed by atoms with Gasteiger partial charge in [-0.2, -0.15) is 0 Å². The summed E-state index contributed by atoms with van der Waals surface area (Å²) in [6, 6.07) is 0. The van der Waals surface area contributed by atoms with Gasteiger partial charge in [0.25, 0.3) is 0 Å². The highest BCUT2D eigenvalue weighted by Gasteiger charge is 2.66. The predicted octanol–water partition coefficient (Wildman–Crippen LogP) is 0.587. The summed E-state index contributed by atoms with van der Waals surface area (Å²) in [5.74, 6) is 2.53. The second-order valence-electron chi connectivity index (χ2n) is 9.45. The lowest BCUT2D eigenvalue weighted by molar-refractivity contribution is -0.161. The number of hydrogen-bond acceptors (Lipinski definition) is 5. The van der Waals surface area contributed by atoms with Crippen LogP contribution in [0, 0.1) is 40.9 Å². The first kappa shape index (κ1) is 18.5. The maximum Gasteiger partial charge on any atom is 0.130 e. The third-order valence-electron chi connectivity index (χ3n) is 8.70. The lowest BCUT2D eigenvalue weighted by Gasteiger charge is -2.61. The van der Waals surface area contributed by atoms with Crippen LogP contribution >= 0.6 is 0 Å². The molecule has 0 unspecified atom stereocenters. The van der Waals surface area contributed by atoms with Gasteiger partial charge in [-0.3, -0.25) is 0 Å². The predicted molar refractivity (Wildman–Crippen MR) is 95.7 cm³/mol. The van der Waals surface area contributed by atoms with Crippen molar-refractivity contribution in [2.45, 2.75) is 76.0 Å². The van der Waals surface area contributed by atoms with Crippen LogP contribution in [0.15, 0.2) is 11.6 Å². The van der Waals surface area contributed by atoms with Gasteiger partial charge in [-0.15, -0.1) is 6.42 Å². The third-order valence-corrected chi connectivity index (χ3v) is 8.70. The Labute approximate surface area is 154 Å². The monoisotopic (exact) mass is 362 g/mol. The molecule has 4 aliphatic carbocycles. The summed E-state index contributed by atoms with van der Waals surface area (Å²) in [4.78, 5) is 0. The molecule has 0 bridgehead atoms. The van der Waals surface area contributed by atoms with Crippen LogP contribution in [0.1, 0.15) is 46.0 Å². The van der Waals surface area contributed by atoms with Crippen molar-refractivity contribution in [2.75, 3.05) is 0 Å². The summed E-state index contributed by atoms with van der Waals surface area (Å²) in [5.41, 5.74) is -1.73. The molecule has 10 atom stereocenters. The minimum absolute atomic E-state index is 0.0205. The van der Waals surface area contributed by atoms with Gasteiger partial charge in [-0.1, -0.05) is 25.8 Å². The van der Waals surface area contributed by atoms with E-state index in [1.807, 2.05) is 13.8 Å². The topological polar surface area (TPSA) is 101 Å². The standard InChI is InChI=1S/C21H30O5/c1-4-21(26)8-6-11-17-12(5-7-19(11,21)2)20(3)13(9-14(17)22)18(25)15(23)10-16(20)24/h1,9,11-12,14-18,22-26H,5-8,10H2,2-3H3/t11-,12-,14+,15-,16-,17-,18-,19-,20+,21-/m0/s1. The number of hydrogen-bond donors (Lipinski definition) is 5. The summed E-state index contributed by atoms with van der Waals surface area (Å²) in [5, 5.41) is 53.4. The van der Waals surface area contributed by atoms with E-state index in [9.17, 15) is 25.5 Å². The zero-order valence-corrected chi connectivity index (χ0v) is 15.5. The van der Waals surface area contributed by atoms with Crippen LogP contribution in [0.25, 0.3) is 0 Å². The second kappa shape index (κ2) is 5.56. The van der Waals surface area contributed by atoms with Gasteiger partial charge in [0.05, 0.1) is 18.3 Å². The summed E-state index contributed by atoms with van der Waals surface area (Å²) < 4.78 is 0. The van der Waals surface area contributed by atoms with E-state index in [2.05, 4.69) is 5.92 Å². The molecule has 4 rings (SSSR count). The molecule has 0 heterocycles. The minimum Gasteiger partial charge on any atom is -0.392 e. The second-order valence-corrected chi connectivity index (χ2v) is 9.45. The SMILES string of the molecule is C#C[C@]1(O)CC[C@H]2[C@@H]3[C@H](O)C=C4[C@H](O)[C@@H](O)C[C@H](O)[C@]4(C)[C@H]3CC[C@@]21C. The quantitative estimate of drug-likeness (QED) is 0.321. The summed E-state index contributed by atoms with van der Waals surface area (Å²) in [6.45, 7) is 3.98. The van der Waals surface area contributed by atoms with Crippen molar-refractivity contribution in [1.29, 1.82) is 0 Å². The summed E-state index contributed by atoms with van der Waals surface area (Å²) in [7, 11) is 0. The van der Waals surface area contributed by atoms with Crippen LogP contribution in [-0.4, -0.2) is 55.5 Å². The highest BCUT2D eigenvalue weighted by atomic mass is 16.3. The molecule has 0 aromatic carbocycles. The lowest BCUT2D eigenvalue weighted by Crippen LogP contribution is -2.62. The molecular formula is C21H30O5. The van der Waals surface area contributed by atoms with Gasteiger partial charge in [0.1, 0.15) is 11.7 Å². The molecule has 0 saturated heterocycles. The first-order chi connectivity index (χ1) is 12.1. The van der Waals surface area contributed by atoms with Gasteiger partial charge in [0.15, 0.2) is 0 Å². The average molecular weight is 362 g/mol. The maximum atomic E-state index is 11.0. The molecule has 5 nitrogen and oxygen atoms in total. The first-order valence-corrected chi connectivity index (χ1v) is 9.75. The molecule has 5 heteroatoms. The van der Waals surface area contributed by atoms with Crippen molar-refractivity contribution >= 4 is 0 Å². The molecule has 3 saturated carbocycles. The van der Waals surface area contributed by atoms with Crippen LogP contribution in [-0.2, 0) is 0 Å². The Hall–Kier alpha value is -0.900. The van der Waals surface area contributed by atoms with Gasteiger partial charge in [-0.05, 0) is 49.0 Å². The van der Waals surface area contributed by atoms with E-state index >= 15 is 0 Å². The highest BCUT2D eigenvalue weighted by Crippen LogP contribution is 2.67. The van der Waals surface area contributed by atoms with E-state index in [1.54, 1.807) is 6.08 Å². The fraction of sp³-hybridized carbons (Fsp3) is 0.810. The van der Waals surface area contributed by atoms with Gasteiger partial charge in [0, 0.05) is 17.3 Å². The number of rotatable bonds is 0. The van der Waals surface area contributed by atoms with E-state index in [-0.39, 0.29) is 24.2 Å². The Morgan fingerprint density at radius 3 is 2.38 bits per heavy atom. The Kier molecular flexibility index (Phi) is 3.95. The summed E-state index contributed by atoms with van der Waals surface area (Å²) >= 11 is 0. The van der Waals surface area contributed by atoms with E-state index in [0.717, 1.165) is 12.8 Å². The van der Waals surface area contributed by atoms with Crippen LogP contribution < -0.4 is 0 Å². The zero-order chi connectivity index (χ0) is 19.1. The van der Waals surface area contributed by atoms with Gasteiger partial charge < -0.3 is 25.5 Å².